The zero-order chi connectivity index (χ0) is 14.7. The fourth-order valence-electron chi connectivity index (χ4n) is 2.17. The minimum Gasteiger partial charge on any atom is -0.481 e. The van der Waals surface area contributed by atoms with Crippen molar-refractivity contribution < 1.29 is 9.15 Å². The molecule has 0 aliphatic rings. The van der Waals surface area contributed by atoms with Crippen molar-refractivity contribution in [3.8, 4) is 5.75 Å². The molecule has 20 heavy (non-hydrogen) atoms. The monoisotopic (exact) mass is 273 g/mol. The van der Waals surface area contributed by atoms with Gasteiger partial charge in [-0.1, -0.05) is 19.1 Å². The highest BCUT2D eigenvalue weighted by Gasteiger charge is 2.24. The van der Waals surface area contributed by atoms with Gasteiger partial charge < -0.3 is 14.9 Å². The number of nitrogens with two attached hydrogens (primary N) is 1. The smallest absolute Gasteiger partial charge is 0.171 e. The molecule has 0 saturated carbocycles. The summed E-state index contributed by atoms with van der Waals surface area (Å²) in [5.41, 5.74) is 8.56. The van der Waals surface area contributed by atoms with Crippen molar-refractivity contribution in [1.82, 2.24) is 0 Å². The van der Waals surface area contributed by atoms with Gasteiger partial charge in [-0.25, -0.2) is 0 Å². The molecule has 2 rings (SSSR count). The van der Waals surface area contributed by atoms with Crippen LogP contribution in [0, 0.1) is 20.8 Å². The van der Waals surface area contributed by atoms with Crippen LogP contribution in [0.5, 0.6) is 5.75 Å². The fraction of sp³-hybridized carbons (Fsp3) is 0.412. The van der Waals surface area contributed by atoms with E-state index in [4.69, 9.17) is 14.9 Å². The van der Waals surface area contributed by atoms with E-state index in [9.17, 15) is 0 Å². The minimum absolute atomic E-state index is 0.0968. The van der Waals surface area contributed by atoms with Crippen LogP contribution >= 0.6 is 0 Å². The van der Waals surface area contributed by atoms with Gasteiger partial charge in [0.2, 0.25) is 0 Å². The number of furan rings is 1. The molecule has 2 atom stereocenters. The molecule has 3 nitrogen and oxygen atoms in total. The highest BCUT2D eigenvalue weighted by Crippen LogP contribution is 2.30. The Hall–Kier alpha value is -1.74. The van der Waals surface area contributed by atoms with Crippen LogP contribution in [0.1, 0.15) is 42.1 Å². The van der Waals surface area contributed by atoms with E-state index in [1.54, 1.807) is 0 Å². The fourth-order valence-corrected chi connectivity index (χ4v) is 2.17. The van der Waals surface area contributed by atoms with Crippen LogP contribution in [0.4, 0.5) is 0 Å². The summed E-state index contributed by atoms with van der Waals surface area (Å²) in [4.78, 5) is 0. The first-order chi connectivity index (χ1) is 9.52. The summed E-state index contributed by atoms with van der Waals surface area (Å²) in [7, 11) is 0. The van der Waals surface area contributed by atoms with Crippen molar-refractivity contribution in [2.24, 2.45) is 5.73 Å². The van der Waals surface area contributed by atoms with Gasteiger partial charge in [-0.2, -0.15) is 0 Å². The van der Waals surface area contributed by atoms with E-state index in [1.165, 1.54) is 5.56 Å². The molecule has 0 radical (unpaired) electrons. The summed E-state index contributed by atoms with van der Waals surface area (Å²) < 4.78 is 11.9. The zero-order valence-corrected chi connectivity index (χ0v) is 12.6. The summed E-state index contributed by atoms with van der Waals surface area (Å²) >= 11 is 0. The van der Waals surface area contributed by atoms with Crippen LogP contribution in [-0.2, 0) is 0 Å². The first-order valence-corrected chi connectivity index (χ1v) is 7.07. The molecule has 0 aliphatic heterocycles. The second-order valence-corrected chi connectivity index (χ2v) is 5.26. The molecule has 0 amide bonds. The van der Waals surface area contributed by atoms with Crippen molar-refractivity contribution in [2.75, 3.05) is 0 Å². The van der Waals surface area contributed by atoms with Gasteiger partial charge in [-0.05, 0) is 56.5 Å². The average Bonchev–Trinajstić information content (AvgIpc) is 2.86. The number of benzene rings is 1. The predicted octanol–water partition coefficient (Wildman–Crippen LogP) is 4.06. The molecule has 2 aromatic rings. The Labute approximate surface area is 120 Å². The Kier molecular flexibility index (Phi) is 4.50. The Morgan fingerprint density at radius 2 is 1.90 bits per heavy atom. The van der Waals surface area contributed by atoms with Crippen molar-refractivity contribution in [1.29, 1.82) is 0 Å². The van der Waals surface area contributed by atoms with Gasteiger partial charge >= 0.3 is 0 Å². The SMILES string of the molecule is CCC(N)C(Oc1cccc(C)c1C)c1ccc(C)o1. The van der Waals surface area contributed by atoms with Gasteiger partial charge in [0.25, 0.3) is 0 Å². The van der Waals surface area contributed by atoms with Crippen molar-refractivity contribution in [2.45, 2.75) is 46.3 Å². The van der Waals surface area contributed by atoms with Crippen LogP contribution in [-0.4, -0.2) is 6.04 Å². The van der Waals surface area contributed by atoms with Crippen molar-refractivity contribution in [3.63, 3.8) is 0 Å². The van der Waals surface area contributed by atoms with Gasteiger partial charge in [-0.3, -0.25) is 0 Å². The Morgan fingerprint density at radius 3 is 2.50 bits per heavy atom. The molecule has 1 heterocycles. The topological polar surface area (TPSA) is 48.4 Å². The molecule has 2 unspecified atom stereocenters. The lowest BCUT2D eigenvalue weighted by atomic mass is 10.1. The third kappa shape index (κ3) is 3.05. The maximum atomic E-state index is 6.21. The lowest BCUT2D eigenvalue weighted by Crippen LogP contribution is -2.31. The van der Waals surface area contributed by atoms with Crippen LogP contribution in [0.3, 0.4) is 0 Å². The molecule has 1 aromatic carbocycles. The summed E-state index contributed by atoms with van der Waals surface area (Å²) in [6, 6.07) is 9.85. The first-order valence-electron chi connectivity index (χ1n) is 7.07. The van der Waals surface area contributed by atoms with Gasteiger partial charge in [0, 0.05) is 6.04 Å². The van der Waals surface area contributed by atoms with E-state index in [0.717, 1.165) is 29.3 Å². The Balaban J connectivity index is 2.31. The summed E-state index contributed by atoms with van der Waals surface area (Å²) in [5.74, 6) is 2.53. The van der Waals surface area contributed by atoms with E-state index in [2.05, 4.69) is 26.8 Å². The van der Waals surface area contributed by atoms with Gasteiger partial charge in [0.05, 0.1) is 0 Å². The zero-order valence-electron chi connectivity index (χ0n) is 12.6. The van der Waals surface area contributed by atoms with Crippen molar-refractivity contribution >= 4 is 0 Å². The lowest BCUT2D eigenvalue weighted by Gasteiger charge is -2.24. The maximum absolute atomic E-state index is 6.21. The molecular formula is C17H23NO2. The third-order valence-corrected chi connectivity index (χ3v) is 3.71. The normalized spacial score (nSPS) is 14.1. The molecule has 108 valence electrons. The predicted molar refractivity (Wildman–Crippen MR) is 81.0 cm³/mol. The molecule has 0 spiro atoms. The molecule has 0 fully saturated rings. The maximum Gasteiger partial charge on any atom is 0.171 e. The molecule has 0 bridgehead atoms. The largest absolute Gasteiger partial charge is 0.481 e. The number of hydrogen-bond acceptors (Lipinski definition) is 3. The second-order valence-electron chi connectivity index (χ2n) is 5.26. The Bertz CT molecular complexity index is 574. The quantitative estimate of drug-likeness (QED) is 0.893. The molecule has 0 saturated heterocycles. The standard InChI is InChI=1S/C17H23NO2/c1-5-14(18)17(16-10-9-12(3)19-16)20-15-8-6-7-11(2)13(15)4/h6-10,14,17H,5,18H2,1-4H3. The van der Waals surface area contributed by atoms with Crippen LogP contribution in [0.2, 0.25) is 0 Å². The van der Waals surface area contributed by atoms with Crippen LogP contribution in [0.25, 0.3) is 0 Å². The number of rotatable bonds is 5. The summed E-state index contributed by atoms with van der Waals surface area (Å²) in [5, 5.41) is 0. The van der Waals surface area contributed by atoms with Crippen molar-refractivity contribution in [3.05, 3.63) is 53.0 Å². The van der Waals surface area contributed by atoms with Crippen LogP contribution in [0.15, 0.2) is 34.7 Å². The van der Waals surface area contributed by atoms with Gasteiger partial charge in [-0.15, -0.1) is 0 Å². The highest BCUT2D eigenvalue weighted by molar-refractivity contribution is 5.38. The number of ether oxygens (including phenoxy) is 1. The summed E-state index contributed by atoms with van der Waals surface area (Å²) in [6.07, 6.45) is 0.573. The van der Waals surface area contributed by atoms with Crippen LogP contribution < -0.4 is 10.5 Å². The molecule has 3 heteroatoms. The third-order valence-electron chi connectivity index (χ3n) is 3.71. The van der Waals surface area contributed by atoms with Gasteiger partial charge in [0.1, 0.15) is 17.3 Å². The highest BCUT2D eigenvalue weighted by atomic mass is 16.5. The number of aryl methyl sites for hydroxylation is 2. The van der Waals surface area contributed by atoms with E-state index >= 15 is 0 Å². The first kappa shape index (κ1) is 14.7. The van der Waals surface area contributed by atoms with E-state index in [-0.39, 0.29) is 12.1 Å². The molecular weight excluding hydrogens is 250 g/mol. The molecule has 2 N–H and O–H groups in total. The second kappa shape index (κ2) is 6.14. The molecule has 0 aliphatic carbocycles. The van der Waals surface area contributed by atoms with E-state index in [0.29, 0.717) is 0 Å². The van der Waals surface area contributed by atoms with E-state index in [1.807, 2.05) is 31.2 Å². The number of hydrogen-bond donors (Lipinski definition) is 1. The molecule has 1 aromatic heterocycles. The van der Waals surface area contributed by atoms with Gasteiger partial charge in [0.15, 0.2) is 6.10 Å². The minimum atomic E-state index is -0.255. The lowest BCUT2D eigenvalue weighted by molar-refractivity contribution is 0.142. The summed E-state index contributed by atoms with van der Waals surface area (Å²) in [6.45, 7) is 8.12. The Morgan fingerprint density at radius 1 is 1.15 bits per heavy atom. The average molecular weight is 273 g/mol. The van der Waals surface area contributed by atoms with E-state index < -0.39 is 0 Å².